The van der Waals surface area contributed by atoms with Crippen LogP contribution in [0.15, 0.2) is 66.9 Å². The Bertz CT molecular complexity index is 1440. The highest BCUT2D eigenvalue weighted by Gasteiger charge is 2.27. The molecule has 0 spiro atoms. The molecule has 1 aliphatic heterocycles. The number of halogens is 1. The molecule has 0 unspecified atom stereocenters. The van der Waals surface area contributed by atoms with Crippen LogP contribution in [-0.4, -0.2) is 50.4 Å². The Morgan fingerprint density at radius 1 is 1.05 bits per heavy atom. The van der Waals surface area contributed by atoms with Crippen molar-refractivity contribution in [1.29, 1.82) is 0 Å². The van der Waals surface area contributed by atoms with Gasteiger partial charge in [0.2, 0.25) is 5.88 Å². The average Bonchev–Trinajstić information content (AvgIpc) is 3.32. The first kappa shape index (κ1) is 26.5. The predicted octanol–water partition coefficient (Wildman–Crippen LogP) is 6.45. The van der Waals surface area contributed by atoms with Crippen LogP contribution >= 0.6 is 0 Å². The first-order valence-electron chi connectivity index (χ1n) is 13.2. The molecule has 8 nitrogen and oxygen atoms in total. The zero-order valence-corrected chi connectivity index (χ0v) is 22.6. The van der Waals surface area contributed by atoms with Crippen LogP contribution in [0.3, 0.4) is 0 Å². The lowest BCUT2D eigenvalue weighted by Crippen LogP contribution is -2.44. The molecule has 1 aliphatic rings. The Morgan fingerprint density at radius 2 is 1.79 bits per heavy atom. The van der Waals surface area contributed by atoms with E-state index in [2.05, 4.69) is 10.1 Å². The normalized spacial score (nSPS) is 15.3. The van der Waals surface area contributed by atoms with Gasteiger partial charge in [-0.2, -0.15) is 0 Å². The molecule has 0 radical (unpaired) electrons. The van der Waals surface area contributed by atoms with Gasteiger partial charge in [-0.15, -0.1) is 5.10 Å². The molecule has 9 heteroatoms. The van der Waals surface area contributed by atoms with E-state index in [1.807, 2.05) is 64.1 Å². The number of aromatic nitrogens is 3. The van der Waals surface area contributed by atoms with Gasteiger partial charge in [0.15, 0.2) is 5.65 Å². The van der Waals surface area contributed by atoms with Crippen molar-refractivity contribution >= 4 is 11.7 Å². The number of fused-ring (bicyclic) bond motifs is 1. The van der Waals surface area contributed by atoms with Crippen molar-refractivity contribution in [3.8, 4) is 22.9 Å². The number of piperidine rings is 1. The number of amides is 1. The molecule has 39 heavy (non-hydrogen) atoms. The minimum absolute atomic E-state index is 0.0341. The second kappa shape index (κ2) is 10.9. The Hall–Kier alpha value is -4.14. The number of hydrogen-bond acceptors (Lipinski definition) is 6. The maximum atomic E-state index is 13.6. The number of hydrogen-bond donors (Lipinski definition) is 0. The molecular formula is C30H33FN4O4. The summed E-state index contributed by atoms with van der Waals surface area (Å²) in [5.74, 6) is 0.877. The molecular weight excluding hydrogens is 499 g/mol. The summed E-state index contributed by atoms with van der Waals surface area (Å²) in [6.45, 7) is 8.68. The fourth-order valence-corrected chi connectivity index (χ4v) is 4.50. The van der Waals surface area contributed by atoms with Crippen molar-refractivity contribution < 1.29 is 23.4 Å². The van der Waals surface area contributed by atoms with Crippen molar-refractivity contribution in [1.82, 2.24) is 19.5 Å². The van der Waals surface area contributed by atoms with Crippen LogP contribution in [0.1, 0.15) is 52.2 Å². The van der Waals surface area contributed by atoms with Gasteiger partial charge in [0.1, 0.15) is 29.4 Å². The monoisotopic (exact) mass is 532 g/mol. The zero-order valence-electron chi connectivity index (χ0n) is 22.6. The first-order chi connectivity index (χ1) is 18.6. The van der Waals surface area contributed by atoms with Crippen LogP contribution in [0.25, 0.3) is 16.9 Å². The maximum Gasteiger partial charge on any atom is 0.410 e. The van der Waals surface area contributed by atoms with Crippen LogP contribution in [0, 0.1) is 5.82 Å². The Kier molecular flexibility index (Phi) is 7.41. The van der Waals surface area contributed by atoms with E-state index in [1.165, 1.54) is 12.1 Å². The van der Waals surface area contributed by atoms with Gasteiger partial charge in [-0.3, -0.25) is 0 Å². The molecule has 1 amide bonds. The van der Waals surface area contributed by atoms with Gasteiger partial charge in [0.05, 0.1) is 11.9 Å². The van der Waals surface area contributed by atoms with Gasteiger partial charge in [-0.1, -0.05) is 12.1 Å². The molecule has 4 aromatic rings. The van der Waals surface area contributed by atoms with Gasteiger partial charge in [-0.05, 0) is 75.7 Å². The fraction of sp³-hybridized carbons (Fsp3) is 0.367. The molecule has 1 fully saturated rings. The summed E-state index contributed by atoms with van der Waals surface area (Å²) in [6, 6.07) is 17.8. The van der Waals surface area contributed by atoms with E-state index >= 15 is 0 Å². The standard InChI is InChI=1S/C30H33FN4O4/c1-20(22-6-5-7-23(31)18-22)37-28-13-12-27-32-19-26(35(27)33-28)21-8-10-24(11-9-21)38-25-14-16-34(17-15-25)29(36)39-30(2,3)4/h5-13,18-20,25H,14-17H2,1-4H3/t20-/m1/s1. The van der Waals surface area contributed by atoms with Gasteiger partial charge in [0.25, 0.3) is 0 Å². The largest absolute Gasteiger partial charge is 0.490 e. The highest BCUT2D eigenvalue weighted by atomic mass is 19.1. The lowest BCUT2D eigenvalue weighted by atomic mass is 10.1. The molecule has 0 aliphatic carbocycles. The number of imidazole rings is 1. The van der Waals surface area contributed by atoms with E-state index in [4.69, 9.17) is 14.2 Å². The van der Waals surface area contributed by atoms with Crippen LogP contribution in [-0.2, 0) is 4.74 Å². The summed E-state index contributed by atoms with van der Waals surface area (Å²) < 4.78 is 33.0. The highest BCUT2D eigenvalue weighted by Crippen LogP contribution is 2.27. The van der Waals surface area contributed by atoms with Gasteiger partial charge < -0.3 is 19.1 Å². The topological polar surface area (TPSA) is 78.2 Å². The van der Waals surface area contributed by atoms with E-state index in [0.717, 1.165) is 35.4 Å². The number of carbonyl (C=O) groups is 1. The summed E-state index contributed by atoms with van der Waals surface area (Å²) in [5, 5.41) is 4.62. The van der Waals surface area contributed by atoms with Crippen LogP contribution in [0.4, 0.5) is 9.18 Å². The summed E-state index contributed by atoms with van der Waals surface area (Å²) in [4.78, 5) is 18.5. The van der Waals surface area contributed by atoms with Crippen LogP contribution in [0.2, 0.25) is 0 Å². The van der Waals surface area contributed by atoms with Crippen molar-refractivity contribution in [3.05, 3.63) is 78.2 Å². The number of ether oxygens (including phenoxy) is 3. The molecule has 3 heterocycles. The van der Waals surface area contributed by atoms with E-state index in [-0.39, 0.29) is 24.1 Å². The van der Waals surface area contributed by atoms with Gasteiger partial charge in [-0.25, -0.2) is 18.7 Å². The first-order valence-corrected chi connectivity index (χ1v) is 13.2. The minimum Gasteiger partial charge on any atom is -0.490 e. The summed E-state index contributed by atoms with van der Waals surface area (Å²) in [5.41, 5.74) is 2.66. The molecule has 5 rings (SSSR count). The Labute approximate surface area is 227 Å². The van der Waals surface area contributed by atoms with Crippen LogP contribution < -0.4 is 9.47 Å². The maximum absolute atomic E-state index is 13.6. The molecule has 0 bridgehead atoms. The number of rotatable bonds is 6. The quantitative estimate of drug-likeness (QED) is 0.284. The van der Waals surface area contributed by atoms with Crippen molar-refractivity contribution in [2.24, 2.45) is 0 Å². The smallest absolute Gasteiger partial charge is 0.410 e. The molecule has 0 saturated carbocycles. The number of likely N-dealkylation sites (tertiary alicyclic amines) is 1. The zero-order chi connectivity index (χ0) is 27.6. The minimum atomic E-state index is -0.502. The lowest BCUT2D eigenvalue weighted by Gasteiger charge is -2.33. The SMILES string of the molecule is C[C@@H](Oc1ccc2ncc(-c3ccc(OC4CCN(C(=O)OC(C)(C)C)CC4)cc3)n2n1)c1cccc(F)c1. The molecule has 1 atom stereocenters. The van der Waals surface area contributed by atoms with Crippen LogP contribution in [0.5, 0.6) is 11.6 Å². The van der Waals surface area contributed by atoms with E-state index in [0.29, 0.717) is 24.6 Å². The molecule has 2 aromatic heterocycles. The van der Waals surface area contributed by atoms with E-state index < -0.39 is 5.60 Å². The molecule has 2 aromatic carbocycles. The molecule has 1 saturated heterocycles. The van der Waals surface area contributed by atoms with E-state index in [1.54, 1.807) is 27.7 Å². The van der Waals surface area contributed by atoms with E-state index in [9.17, 15) is 9.18 Å². The molecule has 0 N–H and O–H groups in total. The number of nitrogens with zero attached hydrogens (tertiary/aromatic N) is 4. The van der Waals surface area contributed by atoms with Crippen molar-refractivity contribution in [3.63, 3.8) is 0 Å². The second-order valence-corrected chi connectivity index (χ2v) is 10.7. The summed E-state index contributed by atoms with van der Waals surface area (Å²) in [6.07, 6.45) is 2.65. The fourth-order valence-electron chi connectivity index (χ4n) is 4.50. The lowest BCUT2D eigenvalue weighted by molar-refractivity contribution is 0.0126. The predicted molar refractivity (Wildman–Crippen MR) is 145 cm³/mol. The van der Waals surface area contributed by atoms with Crippen molar-refractivity contribution in [2.75, 3.05) is 13.1 Å². The number of benzene rings is 2. The average molecular weight is 533 g/mol. The Morgan fingerprint density at radius 3 is 2.49 bits per heavy atom. The molecule has 204 valence electrons. The van der Waals surface area contributed by atoms with Gasteiger partial charge in [0, 0.05) is 37.6 Å². The summed E-state index contributed by atoms with van der Waals surface area (Å²) in [7, 11) is 0. The van der Waals surface area contributed by atoms with Gasteiger partial charge >= 0.3 is 6.09 Å². The third-order valence-electron chi connectivity index (χ3n) is 6.50. The third-order valence-corrected chi connectivity index (χ3v) is 6.50. The Balaban J connectivity index is 1.22. The second-order valence-electron chi connectivity index (χ2n) is 10.7. The van der Waals surface area contributed by atoms with Crippen molar-refractivity contribution in [2.45, 2.75) is 58.3 Å². The third kappa shape index (κ3) is 6.47. The summed E-state index contributed by atoms with van der Waals surface area (Å²) >= 11 is 0. The number of carbonyl (C=O) groups excluding carboxylic acids is 1. The highest BCUT2D eigenvalue weighted by molar-refractivity contribution is 5.68.